The lowest BCUT2D eigenvalue weighted by molar-refractivity contribution is 0.0600. The Balaban J connectivity index is 2.27. The Bertz CT molecular complexity index is 750. The molecule has 1 N–H and O–H groups in total. The van der Waals surface area contributed by atoms with Crippen LogP contribution < -0.4 is 5.32 Å². The molecular formula is C15H10Cl2INO3. The summed E-state index contributed by atoms with van der Waals surface area (Å²) < 4.78 is 5.40. The minimum atomic E-state index is -0.506. The molecule has 1 amide bonds. The molecule has 0 heterocycles. The standard InChI is InChI=1S/C15H10Cl2INO3/c1-22-15(21)9-3-5-11(17)13(7-9)19-14(20)8-2-4-10(16)12(18)6-8/h2-7H,1H3,(H,19,20). The molecule has 0 saturated heterocycles. The lowest BCUT2D eigenvalue weighted by Gasteiger charge is -2.09. The van der Waals surface area contributed by atoms with Gasteiger partial charge in [0.25, 0.3) is 5.91 Å². The van der Waals surface area contributed by atoms with E-state index in [1.165, 1.54) is 25.3 Å². The lowest BCUT2D eigenvalue weighted by Crippen LogP contribution is -2.13. The zero-order chi connectivity index (χ0) is 16.3. The molecule has 0 radical (unpaired) electrons. The van der Waals surface area contributed by atoms with Crippen LogP contribution in [0.25, 0.3) is 0 Å². The molecule has 7 heteroatoms. The van der Waals surface area contributed by atoms with Gasteiger partial charge in [-0.15, -0.1) is 0 Å². The molecule has 0 aliphatic heterocycles. The maximum atomic E-state index is 12.2. The molecule has 4 nitrogen and oxygen atoms in total. The van der Waals surface area contributed by atoms with Gasteiger partial charge in [-0.3, -0.25) is 4.79 Å². The predicted molar refractivity (Wildman–Crippen MR) is 94.9 cm³/mol. The van der Waals surface area contributed by atoms with Crippen LogP contribution in [0.4, 0.5) is 5.69 Å². The van der Waals surface area contributed by atoms with Crippen molar-refractivity contribution in [1.82, 2.24) is 0 Å². The summed E-state index contributed by atoms with van der Waals surface area (Å²) in [6.45, 7) is 0. The highest BCUT2D eigenvalue weighted by Gasteiger charge is 2.13. The third kappa shape index (κ3) is 3.91. The molecule has 0 aromatic heterocycles. The molecule has 22 heavy (non-hydrogen) atoms. The smallest absolute Gasteiger partial charge is 0.337 e. The zero-order valence-electron chi connectivity index (χ0n) is 11.3. The highest BCUT2D eigenvalue weighted by atomic mass is 127. The average molecular weight is 450 g/mol. The van der Waals surface area contributed by atoms with Crippen LogP contribution in [-0.2, 0) is 4.74 Å². The number of anilines is 1. The van der Waals surface area contributed by atoms with E-state index in [-0.39, 0.29) is 5.91 Å². The van der Waals surface area contributed by atoms with Crippen LogP contribution in [-0.4, -0.2) is 19.0 Å². The molecule has 2 aromatic rings. The van der Waals surface area contributed by atoms with Gasteiger partial charge in [-0.05, 0) is 59.0 Å². The first-order valence-corrected chi connectivity index (χ1v) is 7.90. The monoisotopic (exact) mass is 449 g/mol. The SMILES string of the molecule is COC(=O)c1ccc(Cl)c(NC(=O)c2ccc(Cl)c(I)c2)c1. The van der Waals surface area contributed by atoms with Crippen molar-refractivity contribution in [2.45, 2.75) is 0 Å². The summed E-state index contributed by atoms with van der Waals surface area (Å²) in [4.78, 5) is 23.8. The fourth-order valence-electron chi connectivity index (χ4n) is 1.70. The van der Waals surface area contributed by atoms with E-state index in [0.29, 0.717) is 26.9 Å². The molecule has 0 spiro atoms. The van der Waals surface area contributed by atoms with E-state index in [1.807, 2.05) is 22.6 Å². The number of rotatable bonds is 3. The number of halogens is 3. The summed E-state index contributed by atoms with van der Waals surface area (Å²) in [5, 5.41) is 3.56. The van der Waals surface area contributed by atoms with Crippen LogP contribution in [0, 0.1) is 3.57 Å². The topological polar surface area (TPSA) is 55.4 Å². The van der Waals surface area contributed by atoms with Crippen molar-refractivity contribution in [3.05, 3.63) is 61.1 Å². The zero-order valence-corrected chi connectivity index (χ0v) is 15.0. The minimum absolute atomic E-state index is 0.299. The molecule has 0 saturated carbocycles. The van der Waals surface area contributed by atoms with Crippen molar-refractivity contribution in [3.63, 3.8) is 0 Å². The second kappa shape index (κ2) is 7.30. The van der Waals surface area contributed by atoms with E-state index in [1.54, 1.807) is 18.2 Å². The van der Waals surface area contributed by atoms with Gasteiger partial charge in [-0.2, -0.15) is 0 Å². The van der Waals surface area contributed by atoms with Gasteiger partial charge in [0.2, 0.25) is 0 Å². The number of carbonyl (C=O) groups is 2. The van der Waals surface area contributed by atoms with Gasteiger partial charge in [0, 0.05) is 9.13 Å². The molecule has 0 bridgehead atoms. The summed E-state index contributed by atoms with van der Waals surface area (Å²) in [6.07, 6.45) is 0. The average Bonchev–Trinajstić information content (AvgIpc) is 2.51. The Morgan fingerprint density at radius 1 is 1.05 bits per heavy atom. The van der Waals surface area contributed by atoms with E-state index in [0.717, 1.165) is 3.57 Å². The van der Waals surface area contributed by atoms with Gasteiger partial charge in [0.05, 0.1) is 28.4 Å². The Labute approximate surface area is 150 Å². The van der Waals surface area contributed by atoms with Gasteiger partial charge >= 0.3 is 5.97 Å². The number of benzene rings is 2. The molecule has 0 fully saturated rings. The van der Waals surface area contributed by atoms with E-state index in [2.05, 4.69) is 10.1 Å². The quantitative estimate of drug-likeness (QED) is 0.548. The Hall–Kier alpha value is -1.31. The number of nitrogens with one attached hydrogen (secondary N) is 1. The molecule has 0 aliphatic rings. The lowest BCUT2D eigenvalue weighted by atomic mass is 10.1. The highest BCUT2D eigenvalue weighted by Crippen LogP contribution is 2.25. The highest BCUT2D eigenvalue weighted by molar-refractivity contribution is 14.1. The number of carbonyl (C=O) groups excluding carboxylic acids is 2. The molecular weight excluding hydrogens is 440 g/mol. The number of methoxy groups -OCH3 is 1. The van der Waals surface area contributed by atoms with Crippen molar-refractivity contribution < 1.29 is 14.3 Å². The molecule has 2 aromatic carbocycles. The maximum absolute atomic E-state index is 12.2. The van der Waals surface area contributed by atoms with Gasteiger partial charge in [-0.25, -0.2) is 4.79 Å². The second-order valence-electron chi connectivity index (χ2n) is 4.27. The summed E-state index contributed by atoms with van der Waals surface area (Å²) in [6, 6.07) is 9.43. The number of amides is 1. The third-order valence-corrected chi connectivity index (χ3v) is 4.69. The Morgan fingerprint density at radius 3 is 2.32 bits per heavy atom. The third-order valence-electron chi connectivity index (χ3n) is 2.82. The summed E-state index contributed by atoms with van der Waals surface area (Å²) in [5.74, 6) is -0.855. The number of esters is 1. The molecule has 114 valence electrons. The first-order chi connectivity index (χ1) is 10.4. The van der Waals surface area contributed by atoms with E-state index < -0.39 is 5.97 Å². The fraction of sp³-hybridized carbons (Fsp3) is 0.0667. The Morgan fingerprint density at radius 2 is 1.68 bits per heavy atom. The first-order valence-electron chi connectivity index (χ1n) is 6.06. The van der Waals surface area contributed by atoms with Crippen molar-refractivity contribution in [2.75, 3.05) is 12.4 Å². The number of hydrogen-bond donors (Lipinski definition) is 1. The van der Waals surface area contributed by atoms with Gasteiger partial charge in [-0.1, -0.05) is 23.2 Å². The minimum Gasteiger partial charge on any atom is -0.465 e. The number of ether oxygens (including phenoxy) is 1. The van der Waals surface area contributed by atoms with Crippen LogP contribution in [0.3, 0.4) is 0 Å². The summed E-state index contributed by atoms with van der Waals surface area (Å²) >= 11 is 14.0. The second-order valence-corrected chi connectivity index (χ2v) is 6.25. The molecule has 0 aliphatic carbocycles. The van der Waals surface area contributed by atoms with E-state index in [4.69, 9.17) is 23.2 Å². The molecule has 2 rings (SSSR count). The van der Waals surface area contributed by atoms with E-state index in [9.17, 15) is 9.59 Å². The summed E-state index contributed by atoms with van der Waals surface area (Å²) in [7, 11) is 1.28. The normalized spacial score (nSPS) is 10.2. The van der Waals surface area contributed by atoms with Crippen molar-refractivity contribution in [1.29, 1.82) is 0 Å². The van der Waals surface area contributed by atoms with Crippen LogP contribution in [0.1, 0.15) is 20.7 Å². The van der Waals surface area contributed by atoms with Gasteiger partial charge in [0.1, 0.15) is 0 Å². The molecule has 0 unspecified atom stereocenters. The summed E-state index contributed by atoms with van der Waals surface area (Å²) in [5.41, 5.74) is 1.07. The van der Waals surface area contributed by atoms with Crippen LogP contribution in [0.5, 0.6) is 0 Å². The predicted octanol–water partition coefficient (Wildman–Crippen LogP) is 4.64. The van der Waals surface area contributed by atoms with Crippen LogP contribution in [0.2, 0.25) is 10.0 Å². The van der Waals surface area contributed by atoms with Crippen molar-refractivity contribution in [2.24, 2.45) is 0 Å². The first kappa shape index (κ1) is 17.1. The Kier molecular flexibility index (Phi) is 5.66. The van der Waals surface area contributed by atoms with E-state index >= 15 is 0 Å². The van der Waals surface area contributed by atoms with Gasteiger partial charge < -0.3 is 10.1 Å². The van der Waals surface area contributed by atoms with Crippen molar-refractivity contribution in [3.8, 4) is 0 Å². The van der Waals surface area contributed by atoms with Crippen LogP contribution in [0.15, 0.2) is 36.4 Å². The van der Waals surface area contributed by atoms with Gasteiger partial charge in [0.15, 0.2) is 0 Å². The van der Waals surface area contributed by atoms with Crippen LogP contribution >= 0.6 is 45.8 Å². The fourth-order valence-corrected chi connectivity index (χ4v) is 2.50. The van der Waals surface area contributed by atoms with Crippen molar-refractivity contribution >= 4 is 63.4 Å². The maximum Gasteiger partial charge on any atom is 0.337 e. The number of hydrogen-bond acceptors (Lipinski definition) is 3. The largest absolute Gasteiger partial charge is 0.465 e. The molecule has 0 atom stereocenters.